The first-order valence-electron chi connectivity index (χ1n) is 19.1. The van der Waals surface area contributed by atoms with Gasteiger partial charge >= 0.3 is 23.9 Å². The second-order valence-electron chi connectivity index (χ2n) is 14.9. The summed E-state index contributed by atoms with van der Waals surface area (Å²) in [5, 5.41) is 0. The summed E-state index contributed by atoms with van der Waals surface area (Å²) in [5.41, 5.74) is 2.55. The maximum absolute atomic E-state index is 13.2. The Labute approximate surface area is 319 Å². The summed E-state index contributed by atoms with van der Waals surface area (Å²) in [6.07, 6.45) is 11.2. The summed E-state index contributed by atoms with van der Waals surface area (Å²) in [7, 11) is 0. The number of carbonyl (C=O) groups is 4. The fourth-order valence-corrected chi connectivity index (χ4v) is 8.21. The van der Waals surface area contributed by atoms with E-state index in [1.807, 2.05) is 30.3 Å². The molecule has 1 aromatic rings. The Hall–Kier alpha value is -4.76. The fraction of sp³-hybridized carbons (Fsp3) is 0.512. The molecule has 14 nitrogen and oxygen atoms in total. The van der Waals surface area contributed by atoms with E-state index in [1.54, 1.807) is 19.1 Å². The Morgan fingerprint density at radius 2 is 1.05 bits per heavy atom. The first-order valence-corrected chi connectivity index (χ1v) is 19.1. The number of allylic oxidation sites excluding steroid dienone is 5. The number of piperidine rings is 2. The van der Waals surface area contributed by atoms with Gasteiger partial charge in [-0.2, -0.15) is 0 Å². The van der Waals surface area contributed by atoms with Crippen molar-refractivity contribution < 1.29 is 57.1 Å². The molecule has 4 spiro atoms. The lowest BCUT2D eigenvalue weighted by molar-refractivity contribution is -0.291. The lowest BCUT2D eigenvalue weighted by atomic mass is 9.87. The number of rotatable bonds is 6. The van der Waals surface area contributed by atoms with Gasteiger partial charge in [-0.3, -0.25) is 0 Å². The molecule has 6 heterocycles. The van der Waals surface area contributed by atoms with Crippen LogP contribution in [-0.2, 0) is 57.1 Å². The van der Waals surface area contributed by atoms with Crippen molar-refractivity contribution in [1.82, 2.24) is 4.90 Å². The van der Waals surface area contributed by atoms with Crippen LogP contribution in [0, 0.1) is 0 Å². The zero-order valence-corrected chi connectivity index (χ0v) is 31.0. The number of ether oxygens (including phenoxy) is 8. The monoisotopic (exact) mass is 758 g/mol. The van der Waals surface area contributed by atoms with Crippen molar-refractivity contribution in [3.63, 3.8) is 0 Å². The number of likely N-dealkylation sites (tertiary alicyclic amines) is 1. The maximum atomic E-state index is 13.2. The minimum absolute atomic E-state index is 0.0277. The second kappa shape index (κ2) is 14.7. The highest BCUT2D eigenvalue weighted by Gasteiger charge is 2.57. The van der Waals surface area contributed by atoms with Gasteiger partial charge in [-0.25, -0.2) is 19.2 Å². The first kappa shape index (κ1) is 37.2. The van der Waals surface area contributed by atoms with E-state index >= 15 is 0 Å². The molecule has 8 rings (SSSR count). The van der Waals surface area contributed by atoms with Crippen molar-refractivity contribution in [2.45, 2.75) is 81.4 Å². The molecule has 1 aliphatic carbocycles. The first-order chi connectivity index (χ1) is 26.5. The van der Waals surface area contributed by atoms with Crippen LogP contribution < -0.4 is 4.90 Å². The average molecular weight is 759 g/mol. The molecule has 292 valence electrons. The molecule has 0 amide bonds. The highest BCUT2D eigenvalue weighted by atomic mass is 16.8. The molecule has 1 aromatic carbocycles. The lowest BCUT2D eigenvalue weighted by Gasteiger charge is -2.46. The van der Waals surface area contributed by atoms with E-state index in [0.717, 1.165) is 63.2 Å². The molecule has 0 aromatic heterocycles. The zero-order chi connectivity index (χ0) is 38.3. The smallest absolute Gasteiger partial charge is 0.348 e. The van der Waals surface area contributed by atoms with Gasteiger partial charge in [-0.05, 0) is 48.4 Å². The number of carbonyl (C=O) groups excluding carboxylic acids is 4. The van der Waals surface area contributed by atoms with Crippen molar-refractivity contribution in [3.05, 3.63) is 83.1 Å². The summed E-state index contributed by atoms with van der Waals surface area (Å²) in [4.78, 5) is 57.1. The van der Waals surface area contributed by atoms with Crippen molar-refractivity contribution in [1.29, 1.82) is 0 Å². The molecule has 7 aliphatic rings. The Kier molecular flexibility index (Phi) is 9.95. The molecule has 0 atom stereocenters. The molecule has 6 aliphatic heterocycles. The lowest BCUT2D eigenvalue weighted by Crippen LogP contribution is -2.56. The third-order valence-corrected chi connectivity index (χ3v) is 11.5. The normalized spacial score (nSPS) is 29.2. The highest BCUT2D eigenvalue weighted by Crippen LogP contribution is 2.45. The summed E-state index contributed by atoms with van der Waals surface area (Å²) in [6.45, 7) is 11.5. The summed E-state index contributed by atoms with van der Waals surface area (Å²) in [5.74, 6) is -7.36. The Morgan fingerprint density at radius 1 is 0.600 bits per heavy atom. The Morgan fingerprint density at radius 3 is 1.53 bits per heavy atom. The van der Waals surface area contributed by atoms with Crippen molar-refractivity contribution in [3.8, 4) is 0 Å². The largest absolute Gasteiger partial charge is 0.419 e. The molecule has 7 fully saturated rings. The van der Waals surface area contributed by atoms with E-state index < -0.39 is 47.0 Å². The molecule has 0 N–H and O–H groups in total. The van der Waals surface area contributed by atoms with Crippen LogP contribution in [0.2, 0.25) is 0 Å². The molecule has 6 saturated heterocycles. The van der Waals surface area contributed by atoms with Gasteiger partial charge in [0.1, 0.15) is 11.1 Å². The highest BCUT2D eigenvalue weighted by molar-refractivity contribution is 6.19. The van der Waals surface area contributed by atoms with Gasteiger partial charge in [0.25, 0.3) is 11.6 Å². The number of hydrogen-bond donors (Lipinski definition) is 0. The van der Waals surface area contributed by atoms with Crippen molar-refractivity contribution >= 4 is 35.6 Å². The van der Waals surface area contributed by atoms with Gasteiger partial charge in [-0.15, -0.1) is 0 Å². The van der Waals surface area contributed by atoms with E-state index in [4.69, 9.17) is 37.9 Å². The van der Waals surface area contributed by atoms with Gasteiger partial charge in [0.05, 0.1) is 26.4 Å². The Balaban J connectivity index is 0.839. The van der Waals surface area contributed by atoms with Crippen LogP contribution in [-0.4, -0.2) is 105 Å². The zero-order valence-electron chi connectivity index (χ0n) is 31.0. The van der Waals surface area contributed by atoms with Crippen LogP contribution >= 0.6 is 0 Å². The molecule has 0 unspecified atom stereocenters. The van der Waals surface area contributed by atoms with Crippen LogP contribution in [0.4, 0.5) is 5.69 Å². The van der Waals surface area contributed by atoms with Crippen LogP contribution in [0.15, 0.2) is 77.6 Å². The van der Waals surface area contributed by atoms with Gasteiger partial charge in [0.15, 0.2) is 11.6 Å². The topological polar surface area (TPSA) is 149 Å². The van der Waals surface area contributed by atoms with Crippen molar-refractivity contribution in [2.75, 3.05) is 57.5 Å². The van der Waals surface area contributed by atoms with Gasteiger partial charge in [0, 0.05) is 88.9 Å². The van der Waals surface area contributed by atoms with Crippen LogP contribution in [0.1, 0.15) is 63.9 Å². The minimum Gasteiger partial charge on any atom is -0.419 e. The third kappa shape index (κ3) is 7.60. The quantitative estimate of drug-likeness (QED) is 0.175. The van der Waals surface area contributed by atoms with E-state index in [9.17, 15) is 19.2 Å². The van der Waals surface area contributed by atoms with Gasteiger partial charge in [-0.1, -0.05) is 30.9 Å². The number of hydrogen-bond acceptors (Lipinski definition) is 14. The second-order valence-corrected chi connectivity index (χ2v) is 14.9. The molecular weight excluding hydrogens is 712 g/mol. The molecular formula is C41H46N2O12. The predicted octanol–water partition coefficient (Wildman–Crippen LogP) is 4.36. The van der Waals surface area contributed by atoms with Crippen LogP contribution in [0.5, 0.6) is 0 Å². The Bertz CT molecular complexity index is 1790. The SMILES string of the molecule is C=C(/C=C\C(C=C1C(=O)OC2(CCC3(CC2)OC(=O)C(=Cc2ccc(N4CCC5(CC4)OCCO5)cc2)C(=O)O3)OC1=O)=C/C)N1CCC2(CC1)OCCO2. The summed E-state index contributed by atoms with van der Waals surface area (Å²) < 4.78 is 46.1. The summed E-state index contributed by atoms with van der Waals surface area (Å²) in [6, 6.07) is 7.54. The predicted molar refractivity (Wildman–Crippen MR) is 194 cm³/mol. The van der Waals surface area contributed by atoms with Gasteiger partial charge < -0.3 is 47.7 Å². The molecule has 55 heavy (non-hydrogen) atoms. The third-order valence-electron chi connectivity index (χ3n) is 11.5. The molecule has 0 radical (unpaired) electrons. The number of anilines is 1. The number of benzene rings is 1. The average Bonchev–Trinajstić information content (AvgIpc) is 3.84. The number of nitrogens with zero attached hydrogens (tertiary/aromatic N) is 2. The molecule has 1 saturated carbocycles. The van der Waals surface area contributed by atoms with E-state index in [-0.39, 0.29) is 36.8 Å². The van der Waals surface area contributed by atoms with Crippen LogP contribution in [0.25, 0.3) is 6.08 Å². The van der Waals surface area contributed by atoms with Crippen molar-refractivity contribution in [2.24, 2.45) is 0 Å². The van der Waals surface area contributed by atoms with E-state index in [2.05, 4.69) is 16.4 Å². The van der Waals surface area contributed by atoms with Crippen LogP contribution in [0.3, 0.4) is 0 Å². The standard InChI is InChI=1S/C41H46N2O12/c1-3-29(5-4-28(2)42-18-14-38(15-19-42)48-22-23-49-38)26-32-34(44)52-40(53-35(32)45)10-12-41(13-11-40)54-36(46)33(37(47)55-41)27-30-6-8-31(9-7-30)43-20-16-39(17-21-43)50-24-25-51-39/h3-9,26-27H,2,10-25H2,1H3/b5-4-,29-3+,32-26?,33-27?. The minimum atomic E-state index is -1.57. The van der Waals surface area contributed by atoms with E-state index in [0.29, 0.717) is 37.6 Å². The summed E-state index contributed by atoms with van der Waals surface area (Å²) >= 11 is 0. The molecule has 0 bridgehead atoms. The molecule has 14 heteroatoms. The van der Waals surface area contributed by atoms with Gasteiger partial charge in [0.2, 0.25) is 0 Å². The fourth-order valence-electron chi connectivity index (χ4n) is 8.21. The maximum Gasteiger partial charge on any atom is 0.348 e. The number of esters is 4. The van der Waals surface area contributed by atoms with E-state index in [1.165, 1.54) is 12.2 Å².